The van der Waals surface area contributed by atoms with Gasteiger partial charge in [-0.05, 0) is 54.6 Å². The fraction of sp³-hybridized carbons (Fsp3) is 0.0870. The van der Waals surface area contributed by atoms with Crippen LogP contribution in [0.1, 0.15) is 10.4 Å². The normalized spacial score (nSPS) is 10.6. The maximum absolute atomic E-state index is 12.5. The van der Waals surface area contributed by atoms with Crippen LogP contribution in [0.15, 0.2) is 78.2 Å². The first-order valence-electron chi connectivity index (χ1n) is 9.78. The molecule has 0 saturated carbocycles. The Kier molecular flexibility index (Phi) is 7.01. The molecule has 4 rings (SSSR count). The van der Waals surface area contributed by atoms with Crippen molar-refractivity contribution in [1.29, 1.82) is 0 Å². The number of rotatable bonds is 7. The molecule has 0 unspecified atom stereocenters. The molecule has 1 N–H and O–H groups in total. The number of benzene rings is 2. The highest BCUT2D eigenvalue weighted by atomic mass is 35.5. The largest absolute Gasteiger partial charge is 0.465 e. The maximum Gasteiger partial charge on any atom is 0.337 e. The first kappa shape index (κ1) is 22.5. The molecule has 33 heavy (non-hydrogen) atoms. The molecule has 8 nitrogen and oxygen atoms in total. The van der Waals surface area contributed by atoms with E-state index in [0.717, 1.165) is 11.3 Å². The highest BCUT2D eigenvalue weighted by Crippen LogP contribution is 2.29. The molecule has 4 aromatic rings. The predicted molar refractivity (Wildman–Crippen MR) is 127 cm³/mol. The van der Waals surface area contributed by atoms with Crippen molar-refractivity contribution in [2.75, 3.05) is 18.2 Å². The molecular formula is C23H18ClN5O3S. The van der Waals surface area contributed by atoms with Gasteiger partial charge in [-0.25, -0.2) is 4.79 Å². The number of anilines is 1. The van der Waals surface area contributed by atoms with Crippen LogP contribution in [0.4, 0.5) is 5.69 Å². The van der Waals surface area contributed by atoms with E-state index in [1.165, 1.54) is 18.9 Å². The van der Waals surface area contributed by atoms with Gasteiger partial charge in [0.2, 0.25) is 5.91 Å². The van der Waals surface area contributed by atoms with E-state index in [9.17, 15) is 9.59 Å². The average molecular weight is 480 g/mol. The number of hydrogen-bond acceptors (Lipinski definition) is 7. The Morgan fingerprint density at radius 1 is 1.06 bits per heavy atom. The van der Waals surface area contributed by atoms with Gasteiger partial charge in [-0.1, -0.05) is 29.4 Å². The Morgan fingerprint density at radius 2 is 1.82 bits per heavy atom. The Balaban J connectivity index is 1.53. The summed E-state index contributed by atoms with van der Waals surface area (Å²) in [4.78, 5) is 28.1. The number of aromatic nitrogens is 4. The summed E-state index contributed by atoms with van der Waals surface area (Å²) in [6.07, 6.45) is 3.36. The van der Waals surface area contributed by atoms with E-state index in [-0.39, 0.29) is 11.7 Å². The fourth-order valence-electron chi connectivity index (χ4n) is 3.03. The van der Waals surface area contributed by atoms with Crippen molar-refractivity contribution in [3.63, 3.8) is 0 Å². The van der Waals surface area contributed by atoms with E-state index >= 15 is 0 Å². The van der Waals surface area contributed by atoms with Gasteiger partial charge in [-0.2, -0.15) is 0 Å². The summed E-state index contributed by atoms with van der Waals surface area (Å²) in [7, 11) is 1.32. The molecule has 10 heteroatoms. The van der Waals surface area contributed by atoms with Gasteiger partial charge in [0, 0.05) is 28.7 Å². The number of carbonyl (C=O) groups excluding carboxylic acids is 2. The smallest absolute Gasteiger partial charge is 0.337 e. The standard InChI is InChI=1S/C23H18ClN5O3S/c1-32-22(31)16-5-7-18(8-6-16)26-20(30)14-33-23-28-27-21(15-9-11-25-12-10-15)29(23)19-4-2-3-17(24)13-19/h2-13H,14H2,1H3,(H,26,30). The second-order valence-electron chi connectivity index (χ2n) is 6.76. The first-order chi connectivity index (χ1) is 16.0. The molecule has 0 fully saturated rings. The molecule has 166 valence electrons. The zero-order chi connectivity index (χ0) is 23.2. The van der Waals surface area contributed by atoms with Crippen molar-refractivity contribution in [2.24, 2.45) is 0 Å². The Bertz CT molecular complexity index is 1280. The number of pyridine rings is 1. The average Bonchev–Trinajstić information content (AvgIpc) is 3.27. The zero-order valence-electron chi connectivity index (χ0n) is 17.4. The molecule has 0 aliphatic rings. The van der Waals surface area contributed by atoms with Crippen molar-refractivity contribution < 1.29 is 14.3 Å². The monoisotopic (exact) mass is 479 g/mol. The van der Waals surface area contributed by atoms with Gasteiger partial charge in [0.05, 0.1) is 24.1 Å². The van der Waals surface area contributed by atoms with Crippen LogP contribution >= 0.6 is 23.4 Å². The summed E-state index contributed by atoms with van der Waals surface area (Å²) in [5, 5.41) is 12.6. The Hall–Kier alpha value is -3.69. The van der Waals surface area contributed by atoms with Crippen molar-refractivity contribution in [3.05, 3.63) is 83.6 Å². The summed E-state index contributed by atoms with van der Waals surface area (Å²) in [6, 6.07) is 17.5. The SMILES string of the molecule is COC(=O)c1ccc(NC(=O)CSc2nnc(-c3ccncc3)n2-c2cccc(Cl)c2)cc1. The van der Waals surface area contributed by atoms with Gasteiger partial charge >= 0.3 is 5.97 Å². The molecule has 0 bridgehead atoms. The van der Waals surface area contributed by atoms with Crippen molar-refractivity contribution in [2.45, 2.75) is 5.16 Å². The lowest BCUT2D eigenvalue weighted by Crippen LogP contribution is -2.14. The first-order valence-corrected chi connectivity index (χ1v) is 11.1. The minimum Gasteiger partial charge on any atom is -0.465 e. The van der Waals surface area contributed by atoms with Crippen LogP contribution in [0.2, 0.25) is 5.02 Å². The molecular weight excluding hydrogens is 462 g/mol. The molecule has 0 spiro atoms. The quantitative estimate of drug-likeness (QED) is 0.307. The van der Waals surface area contributed by atoms with Gasteiger partial charge in [0.15, 0.2) is 11.0 Å². The third-order valence-corrected chi connectivity index (χ3v) is 5.72. The fourth-order valence-corrected chi connectivity index (χ4v) is 3.97. The molecule has 2 heterocycles. The predicted octanol–water partition coefficient (Wildman–Crippen LogP) is 4.50. The number of thioether (sulfide) groups is 1. The molecule has 0 aliphatic heterocycles. The third kappa shape index (κ3) is 5.39. The number of ether oxygens (including phenoxy) is 1. The summed E-state index contributed by atoms with van der Waals surface area (Å²) in [5.74, 6) is 0.0556. The number of carbonyl (C=O) groups is 2. The lowest BCUT2D eigenvalue weighted by atomic mass is 10.2. The number of methoxy groups -OCH3 is 1. The summed E-state index contributed by atoms with van der Waals surface area (Å²) in [5.41, 5.74) is 2.59. The highest BCUT2D eigenvalue weighted by molar-refractivity contribution is 7.99. The van der Waals surface area contributed by atoms with Crippen LogP contribution < -0.4 is 5.32 Å². The number of halogens is 1. The second kappa shape index (κ2) is 10.3. The Morgan fingerprint density at radius 3 is 2.52 bits per heavy atom. The van der Waals surface area contributed by atoms with E-state index in [0.29, 0.717) is 27.3 Å². The molecule has 0 atom stereocenters. The van der Waals surface area contributed by atoms with Gasteiger partial charge in [-0.3, -0.25) is 14.3 Å². The number of nitrogens with one attached hydrogen (secondary N) is 1. The minimum absolute atomic E-state index is 0.105. The van der Waals surface area contributed by atoms with Crippen LogP contribution in [0.5, 0.6) is 0 Å². The van der Waals surface area contributed by atoms with E-state index in [1.807, 2.05) is 34.9 Å². The van der Waals surface area contributed by atoms with E-state index in [4.69, 9.17) is 11.6 Å². The third-order valence-electron chi connectivity index (χ3n) is 4.56. The zero-order valence-corrected chi connectivity index (χ0v) is 19.0. The van der Waals surface area contributed by atoms with Crippen molar-refractivity contribution in [1.82, 2.24) is 19.7 Å². The number of amides is 1. The lowest BCUT2D eigenvalue weighted by Gasteiger charge is -2.11. The number of esters is 1. The molecule has 0 aliphatic carbocycles. The highest BCUT2D eigenvalue weighted by Gasteiger charge is 2.18. The van der Waals surface area contributed by atoms with E-state index in [2.05, 4.69) is 25.2 Å². The maximum atomic E-state index is 12.5. The van der Waals surface area contributed by atoms with Crippen LogP contribution in [0.25, 0.3) is 17.1 Å². The van der Waals surface area contributed by atoms with E-state index < -0.39 is 5.97 Å². The summed E-state index contributed by atoms with van der Waals surface area (Å²) >= 11 is 7.45. The molecule has 2 aromatic heterocycles. The molecule has 0 radical (unpaired) electrons. The van der Waals surface area contributed by atoms with Crippen LogP contribution in [-0.4, -0.2) is 44.5 Å². The van der Waals surface area contributed by atoms with E-state index in [1.54, 1.807) is 42.7 Å². The van der Waals surface area contributed by atoms with Crippen molar-refractivity contribution >= 4 is 40.9 Å². The lowest BCUT2D eigenvalue weighted by molar-refractivity contribution is -0.113. The van der Waals surface area contributed by atoms with Crippen molar-refractivity contribution in [3.8, 4) is 17.1 Å². The van der Waals surface area contributed by atoms with Gasteiger partial charge < -0.3 is 10.1 Å². The van der Waals surface area contributed by atoms with Crippen LogP contribution in [0, 0.1) is 0 Å². The van der Waals surface area contributed by atoms with Gasteiger partial charge in [0.1, 0.15) is 0 Å². The number of hydrogen-bond donors (Lipinski definition) is 1. The Labute approximate surface area is 199 Å². The van der Waals surface area contributed by atoms with Crippen LogP contribution in [-0.2, 0) is 9.53 Å². The van der Waals surface area contributed by atoms with Gasteiger partial charge in [0.25, 0.3) is 0 Å². The molecule has 2 aromatic carbocycles. The topological polar surface area (TPSA) is 99.0 Å². The summed E-state index contributed by atoms with van der Waals surface area (Å²) in [6.45, 7) is 0. The summed E-state index contributed by atoms with van der Waals surface area (Å²) < 4.78 is 6.53. The van der Waals surface area contributed by atoms with Crippen LogP contribution in [0.3, 0.4) is 0 Å². The minimum atomic E-state index is -0.436. The molecule has 1 amide bonds. The van der Waals surface area contributed by atoms with Gasteiger partial charge in [-0.15, -0.1) is 10.2 Å². The molecule has 0 saturated heterocycles. The second-order valence-corrected chi connectivity index (χ2v) is 8.14. The number of nitrogens with zero attached hydrogens (tertiary/aromatic N) is 4.